The van der Waals surface area contributed by atoms with Crippen LogP contribution >= 0.6 is 0 Å². The van der Waals surface area contributed by atoms with Gasteiger partial charge in [0.25, 0.3) is 5.79 Å². The molecule has 1 aromatic carbocycles. The Labute approximate surface area is 139 Å². The molecule has 0 spiro atoms. The fourth-order valence-corrected chi connectivity index (χ4v) is 2.57. The Kier molecular flexibility index (Phi) is 4.57. The van der Waals surface area contributed by atoms with E-state index in [-0.39, 0.29) is 5.57 Å². The zero-order chi connectivity index (χ0) is 18.1. The van der Waals surface area contributed by atoms with Crippen LogP contribution in [0.4, 0.5) is 11.4 Å². The number of esters is 2. The van der Waals surface area contributed by atoms with Crippen LogP contribution in [-0.2, 0) is 29.1 Å². The van der Waals surface area contributed by atoms with Gasteiger partial charge < -0.3 is 14.8 Å². The van der Waals surface area contributed by atoms with Gasteiger partial charge in [0.15, 0.2) is 5.57 Å². The van der Waals surface area contributed by atoms with Crippen molar-refractivity contribution in [3.8, 4) is 0 Å². The molecule has 0 aliphatic carbocycles. The van der Waals surface area contributed by atoms with Gasteiger partial charge >= 0.3 is 11.9 Å². The highest BCUT2D eigenvalue weighted by molar-refractivity contribution is 7.92. The van der Waals surface area contributed by atoms with Crippen molar-refractivity contribution in [3.05, 3.63) is 35.5 Å². The Bertz CT molecular complexity index is 804. The van der Waals surface area contributed by atoms with Crippen molar-refractivity contribution >= 4 is 33.3 Å². The Balaban J connectivity index is 2.21. The molecule has 0 bridgehead atoms. The molecule has 0 saturated carbocycles. The molecule has 1 saturated heterocycles. The van der Waals surface area contributed by atoms with Crippen LogP contribution in [0, 0.1) is 6.92 Å². The van der Waals surface area contributed by atoms with E-state index < -0.39 is 27.7 Å². The summed E-state index contributed by atoms with van der Waals surface area (Å²) in [4.78, 5) is 23.7. The van der Waals surface area contributed by atoms with Crippen molar-refractivity contribution in [1.82, 2.24) is 0 Å². The van der Waals surface area contributed by atoms with E-state index >= 15 is 0 Å². The number of hydrogen-bond donors (Lipinski definition) is 2. The molecular formula is C15H18N2O6S. The van der Waals surface area contributed by atoms with Crippen LogP contribution in [-0.4, -0.2) is 32.4 Å². The third kappa shape index (κ3) is 4.48. The molecule has 1 aromatic rings. The lowest BCUT2D eigenvalue weighted by Gasteiger charge is -2.29. The number of rotatable bonds is 4. The average Bonchev–Trinajstić information content (AvgIpc) is 2.38. The average molecular weight is 354 g/mol. The van der Waals surface area contributed by atoms with Gasteiger partial charge in [-0.3, -0.25) is 4.72 Å². The summed E-state index contributed by atoms with van der Waals surface area (Å²) in [5.41, 5.74) is 1.30. The Morgan fingerprint density at radius 1 is 1.12 bits per heavy atom. The van der Waals surface area contributed by atoms with Gasteiger partial charge in [0.1, 0.15) is 0 Å². The van der Waals surface area contributed by atoms with E-state index in [1.165, 1.54) is 19.9 Å². The number of carbonyl (C=O) groups is 2. The predicted octanol–water partition coefficient (Wildman–Crippen LogP) is 1.50. The molecule has 8 nitrogen and oxygen atoms in total. The van der Waals surface area contributed by atoms with E-state index in [1.54, 1.807) is 19.1 Å². The summed E-state index contributed by atoms with van der Waals surface area (Å²) in [7, 11) is -3.42. The molecule has 1 aliphatic heterocycles. The quantitative estimate of drug-likeness (QED) is 0.479. The second-order valence-electron chi connectivity index (χ2n) is 5.79. The second kappa shape index (κ2) is 6.16. The van der Waals surface area contributed by atoms with Gasteiger partial charge in [-0.15, -0.1) is 0 Å². The number of benzene rings is 1. The Hall–Kier alpha value is -2.55. The number of hydrogen-bond acceptors (Lipinski definition) is 7. The number of nitrogens with one attached hydrogen (secondary N) is 2. The van der Waals surface area contributed by atoms with Gasteiger partial charge in [-0.1, -0.05) is 6.07 Å². The zero-order valence-electron chi connectivity index (χ0n) is 13.7. The number of sulfonamides is 1. The van der Waals surface area contributed by atoms with Crippen molar-refractivity contribution in [3.63, 3.8) is 0 Å². The SMILES string of the molecule is Cc1ccc(NC=C2C(=O)OC(C)(C)OC2=O)cc1NS(C)(=O)=O. The summed E-state index contributed by atoms with van der Waals surface area (Å²) in [6, 6.07) is 4.90. The maximum absolute atomic E-state index is 11.8. The summed E-state index contributed by atoms with van der Waals surface area (Å²) >= 11 is 0. The molecule has 1 aliphatic rings. The number of aryl methyl sites for hydroxylation is 1. The normalized spacial score (nSPS) is 16.9. The number of ether oxygens (including phenoxy) is 2. The van der Waals surface area contributed by atoms with Crippen LogP contribution in [0.3, 0.4) is 0 Å². The summed E-state index contributed by atoms with van der Waals surface area (Å²) in [6.45, 7) is 4.65. The maximum Gasteiger partial charge on any atom is 0.350 e. The van der Waals surface area contributed by atoms with Crippen LogP contribution in [0.2, 0.25) is 0 Å². The zero-order valence-corrected chi connectivity index (χ0v) is 14.5. The van der Waals surface area contributed by atoms with Crippen LogP contribution < -0.4 is 10.0 Å². The van der Waals surface area contributed by atoms with Gasteiger partial charge in [-0.2, -0.15) is 0 Å². The van der Waals surface area contributed by atoms with Gasteiger partial charge in [0.2, 0.25) is 10.0 Å². The molecule has 0 amide bonds. The molecule has 0 unspecified atom stereocenters. The molecule has 1 heterocycles. The second-order valence-corrected chi connectivity index (χ2v) is 7.53. The van der Waals surface area contributed by atoms with Gasteiger partial charge in [-0.25, -0.2) is 18.0 Å². The van der Waals surface area contributed by atoms with Crippen LogP contribution in [0.25, 0.3) is 0 Å². The van der Waals surface area contributed by atoms with E-state index in [9.17, 15) is 18.0 Å². The third-order valence-electron chi connectivity index (χ3n) is 3.03. The van der Waals surface area contributed by atoms with Crippen LogP contribution in [0.15, 0.2) is 30.0 Å². The molecular weight excluding hydrogens is 336 g/mol. The van der Waals surface area contributed by atoms with E-state index in [0.29, 0.717) is 11.4 Å². The number of carbonyl (C=O) groups excluding carboxylic acids is 2. The minimum absolute atomic E-state index is 0.285. The molecule has 0 atom stereocenters. The smallest absolute Gasteiger partial charge is 0.350 e. The molecule has 0 aromatic heterocycles. The first kappa shape index (κ1) is 17.8. The van der Waals surface area contributed by atoms with E-state index in [0.717, 1.165) is 18.0 Å². The van der Waals surface area contributed by atoms with E-state index in [2.05, 4.69) is 10.0 Å². The topological polar surface area (TPSA) is 111 Å². The first-order valence-electron chi connectivity index (χ1n) is 6.99. The lowest BCUT2D eigenvalue weighted by Crippen LogP contribution is -2.42. The molecule has 0 radical (unpaired) electrons. The predicted molar refractivity (Wildman–Crippen MR) is 87.6 cm³/mol. The first-order chi connectivity index (χ1) is 11.0. The summed E-state index contributed by atoms with van der Waals surface area (Å²) < 4.78 is 35.0. The third-order valence-corrected chi connectivity index (χ3v) is 3.62. The largest absolute Gasteiger partial charge is 0.419 e. The highest BCUT2D eigenvalue weighted by Crippen LogP contribution is 2.24. The lowest BCUT2D eigenvalue weighted by molar-refractivity contribution is -0.222. The van der Waals surface area contributed by atoms with E-state index in [1.807, 2.05) is 0 Å². The van der Waals surface area contributed by atoms with Gasteiger partial charge in [-0.05, 0) is 24.6 Å². The Morgan fingerprint density at radius 2 is 1.71 bits per heavy atom. The molecule has 130 valence electrons. The summed E-state index contributed by atoms with van der Waals surface area (Å²) in [6.07, 6.45) is 2.21. The fraction of sp³-hybridized carbons (Fsp3) is 0.333. The summed E-state index contributed by atoms with van der Waals surface area (Å²) in [5, 5.41) is 2.76. The Morgan fingerprint density at radius 3 is 2.25 bits per heavy atom. The number of anilines is 2. The van der Waals surface area contributed by atoms with Crippen molar-refractivity contribution in [2.24, 2.45) is 0 Å². The van der Waals surface area contributed by atoms with E-state index in [4.69, 9.17) is 9.47 Å². The maximum atomic E-state index is 11.8. The van der Waals surface area contributed by atoms with Crippen molar-refractivity contribution in [2.45, 2.75) is 26.6 Å². The number of cyclic esters (lactones) is 2. The highest BCUT2D eigenvalue weighted by Gasteiger charge is 2.38. The van der Waals surface area contributed by atoms with Gasteiger partial charge in [0, 0.05) is 25.7 Å². The summed E-state index contributed by atoms with van der Waals surface area (Å²) in [5.74, 6) is -2.90. The molecule has 24 heavy (non-hydrogen) atoms. The standard InChI is InChI=1S/C15H18N2O6S/c1-9-5-6-10(7-12(9)17-24(4,20)21)16-8-11-13(18)22-15(2,3)23-14(11)19/h5-8,16-17H,1-4H3. The lowest BCUT2D eigenvalue weighted by atomic mass is 10.2. The fourth-order valence-electron chi connectivity index (χ4n) is 1.96. The minimum atomic E-state index is -3.42. The van der Waals surface area contributed by atoms with Crippen molar-refractivity contribution in [2.75, 3.05) is 16.3 Å². The molecule has 2 N–H and O–H groups in total. The monoisotopic (exact) mass is 354 g/mol. The minimum Gasteiger partial charge on any atom is -0.419 e. The molecule has 1 fully saturated rings. The first-order valence-corrected chi connectivity index (χ1v) is 8.88. The molecule has 2 rings (SSSR count). The van der Waals surface area contributed by atoms with Crippen molar-refractivity contribution in [1.29, 1.82) is 0 Å². The highest BCUT2D eigenvalue weighted by atomic mass is 32.2. The molecule has 9 heteroatoms. The van der Waals surface area contributed by atoms with Gasteiger partial charge in [0.05, 0.1) is 11.9 Å². The van der Waals surface area contributed by atoms with Crippen LogP contribution in [0.1, 0.15) is 19.4 Å². The van der Waals surface area contributed by atoms with Crippen LogP contribution in [0.5, 0.6) is 0 Å². The van der Waals surface area contributed by atoms with Crippen molar-refractivity contribution < 1.29 is 27.5 Å².